The summed E-state index contributed by atoms with van der Waals surface area (Å²) < 4.78 is 17.9. The molecule has 1 atom stereocenters. The highest BCUT2D eigenvalue weighted by Gasteiger charge is 2.28. The summed E-state index contributed by atoms with van der Waals surface area (Å²) >= 11 is 0. The maximum Gasteiger partial charge on any atom is 0.227 e. The molecule has 6 nitrogen and oxygen atoms in total. The number of nitrogens with zero attached hydrogens (tertiary/aromatic N) is 3. The van der Waals surface area contributed by atoms with Crippen LogP contribution in [-0.4, -0.2) is 52.8 Å². The molecule has 0 aromatic carbocycles. The molecule has 1 saturated heterocycles. The predicted molar refractivity (Wildman–Crippen MR) is 104 cm³/mol. The molecule has 0 bridgehead atoms. The van der Waals surface area contributed by atoms with Crippen LogP contribution in [0.15, 0.2) is 4.90 Å². The van der Waals surface area contributed by atoms with Crippen molar-refractivity contribution in [1.82, 2.24) is 9.97 Å². The number of fused-ring (bicyclic) bond motifs is 1. The van der Waals surface area contributed by atoms with E-state index in [-0.39, 0.29) is 0 Å². The molecule has 7 heteroatoms. The Balaban J connectivity index is 1.49. The topological polar surface area (TPSA) is 67.3 Å². The van der Waals surface area contributed by atoms with Crippen LogP contribution in [0.25, 0.3) is 0 Å². The molecular weight excluding hydrogens is 348 g/mol. The number of nitrogens with one attached hydrogen (secondary N) is 1. The van der Waals surface area contributed by atoms with Gasteiger partial charge in [0.2, 0.25) is 5.95 Å². The van der Waals surface area contributed by atoms with Crippen molar-refractivity contribution in [1.29, 1.82) is 0 Å². The lowest BCUT2D eigenvalue weighted by Gasteiger charge is -2.25. The first-order valence-corrected chi connectivity index (χ1v) is 11.4. The molecular formula is C19H30N4O2S. The molecule has 0 unspecified atom stereocenters. The average molecular weight is 379 g/mol. The summed E-state index contributed by atoms with van der Waals surface area (Å²) in [6, 6.07) is 0.465. The van der Waals surface area contributed by atoms with Gasteiger partial charge in [0.05, 0.1) is 16.5 Å². The Labute approximate surface area is 158 Å². The zero-order chi connectivity index (χ0) is 17.9. The molecule has 1 saturated carbocycles. The number of anilines is 2. The summed E-state index contributed by atoms with van der Waals surface area (Å²) in [6.07, 6.45) is 9.17. The third kappa shape index (κ3) is 4.03. The highest BCUT2D eigenvalue weighted by Crippen LogP contribution is 2.32. The van der Waals surface area contributed by atoms with Gasteiger partial charge < -0.3 is 15.0 Å². The van der Waals surface area contributed by atoms with E-state index in [0.29, 0.717) is 11.8 Å². The summed E-state index contributed by atoms with van der Waals surface area (Å²) in [5.41, 5.74) is 0.978. The summed E-state index contributed by atoms with van der Waals surface area (Å²) in [4.78, 5) is 12.6. The van der Waals surface area contributed by atoms with Crippen LogP contribution in [0.5, 0.6) is 0 Å². The van der Waals surface area contributed by atoms with E-state index in [4.69, 9.17) is 14.7 Å². The fraction of sp³-hybridized carbons (Fsp3) is 0.789. The molecule has 3 aliphatic rings. The van der Waals surface area contributed by atoms with Crippen molar-refractivity contribution in [2.24, 2.45) is 5.92 Å². The fourth-order valence-corrected chi connectivity index (χ4v) is 5.54. The number of aryl methyl sites for hydroxylation is 1. The van der Waals surface area contributed by atoms with Crippen LogP contribution in [0.4, 0.5) is 11.8 Å². The van der Waals surface area contributed by atoms with E-state index < -0.39 is 10.8 Å². The van der Waals surface area contributed by atoms with E-state index in [1.54, 1.807) is 0 Å². The summed E-state index contributed by atoms with van der Waals surface area (Å²) in [6.45, 7) is 2.74. The highest BCUT2D eigenvalue weighted by atomic mass is 32.2. The van der Waals surface area contributed by atoms with Crippen LogP contribution in [0, 0.1) is 5.92 Å². The first-order valence-electron chi connectivity index (χ1n) is 10.1. The van der Waals surface area contributed by atoms with E-state index in [0.717, 1.165) is 73.7 Å². The normalized spacial score (nSPS) is 24.0. The van der Waals surface area contributed by atoms with Gasteiger partial charge in [0.15, 0.2) is 0 Å². The minimum atomic E-state index is -0.958. The Hall–Kier alpha value is -1.21. The van der Waals surface area contributed by atoms with E-state index in [1.165, 1.54) is 25.7 Å². The van der Waals surface area contributed by atoms with Crippen molar-refractivity contribution in [3.63, 3.8) is 0 Å². The van der Waals surface area contributed by atoms with E-state index >= 15 is 0 Å². The van der Waals surface area contributed by atoms with Gasteiger partial charge in [-0.25, -0.2) is 4.98 Å². The fourth-order valence-electron chi connectivity index (χ4n) is 4.23. The minimum absolute atomic E-state index is 0.465. The van der Waals surface area contributed by atoms with Gasteiger partial charge in [-0.2, -0.15) is 4.98 Å². The van der Waals surface area contributed by atoms with Crippen molar-refractivity contribution in [2.75, 3.05) is 42.8 Å². The highest BCUT2D eigenvalue weighted by molar-refractivity contribution is 7.85. The number of hydrogen-bond donors (Lipinski definition) is 1. The molecule has 0 spiro atoms. The van der Waals surface area contributed by atoms with Crippen molar-refractivity contribution in [3.05, 3.63) is 5.69 Å². The molecule has 4 rings (SSSR count). The summed E-state index contributed by atoms with van der Waals surface area (Å²) in [5.74, 6) is 3.02. The molecule has 1 aliphatic carbocycles. The SMILES string of the molecule is CN(CCC1CCOCC1)c1nc2c(c(NC3CCCC3)n1)[S@](=O)CC2. The molecule has 2 aliphatic heterocycles. The zero-order valence-corrected chi connectivity index (χ0v) is 16.5. The monoisotopic (exact) mass is 378 g/mol. The standard InChI is InChI=1S/C19H30N4O2S/c1-23(10-6-14-7-11-25-12-8-14)19-21-16-9-13-26(24)17(16)18(22-19)20-15-4-2-3-5-15/h14-15H,2-13H2,1H3,(H,20,21,22)/t26-/m1/s1. The smallest absolute Gasteiger partial charge is 0.227 e. The van der Waals surface area contributed by atoms with Crippen molar-refractivity contribution in [2.45, 2.75) is 62.3 Å². The molecule has 1 N–H and O–H groups in total. The van der Waals surface area contributed by atoms with Crippen LogP contribution >= 0.6 is 0 Å². The van der Waals surface area contributed by atoms with Gasteiger partial charge in [0.25, 0.3) is 0 Å². The van der Waals surface area contributed by atoms with Crippen LogP contribution in [0.1, 0.15) is 50.6 Å². The van der Waals surface area contributed by atoms with Gasteiger partial charge in [-0.15, -0.1) is 0 Å². The lowest BCUT2D eigenvalue weighted by Crippen LogP contribution is -2.26. The Morgan fingerprint density at radius 1 is 1.19 bits per heavy atom. The van der Waals surface area contributed by atoms with E-state index in [2.05, 4.69) is 17.3 Å². The maximum atomic E-state index is 12.4. The quantitative estimate of drug-likeness (QED) is 0.821. The molecule has 0 radical (unpaired) electrons. The number of ether oxygens (including phenoxy) is 1. The lowest BCUT2D eigenvalue weighted by molar-refractivity contribution is 0.0645. The number of rotatable bonds is 6. The van der Waals surface area contributed by atoms with Gasteiger partial charge >= 0.3 is 0 Å². The van der Waals surface area contributed by atoms with Crippen LogP contribution in [-0.2, 0) is 22.0 Å². The Morgan fingerprint density at radius 3 is 2.73 bits per heavy atom. The van der Waals surface area contributed by atoms with Crippen molar-refractivity contribution >= 4 is 22.6 Å². The Morgan fingerprint density at radius 2 is 1.96 bits per heavy atom. The third-order valence-electron chi connectivity index (χ3n) is 5.93. The average Bonchev–Trinajstić information content (AvgIpc) is 3.30. The Kier molecular flexibility index (Phi) is 5.74. The third-order valence-corrected chi connectivity index (χ3v) is 7.39. The van der Waals surface area contributed by atoms with Gasteiger partial charge in [-0.05, 0) is 38.0 Å². The summed E-state index contributed by atoms with van der Waals surface area (Å²) in [7, 11) is 1.12. The largest absolute Gasteiger partial charge is 0.381 e. The van der Waals surface area contributed by atoms with Gasteiger partial charge in [-0.1, -0.05) is 12.8 Å². The zero-order valence-electron chi connectivity index (χ0n) is 15.7. The van der Waals surface area contributed by atoms with E-state index in [9.17, 15) is 4.21 Å². The second kappa shape index (κ2) is 8.21. The predicted octanol–water partition coefficient (Wildman–Crippen LogP) is 2.75. The first kappa shape index (κ1) is 18.2. The molecule has 1 aromatic rings. The van der Waals surface area contributed by atoms with Gasteiger partial charge in [0, 0.05) is 45.0 Å². The van der Waals surface area contributed by atoms with Crippen molar-refractivity contribution < 1.29 is 8.95 Å². The molecule has 2 fully saturated rings. The maximum absolute atomic E-state index is 12.4. The van der Waals surface area contributed by atoms with Crippen LogP contribution in [0.3, 0.4) is 0 Å². The van der Waals surface area contributed by atoms with Crippen molar-refractivity contribution in [3.8, 4) is 0 Å². The van der Waals surface area contributed by atoms with Gasteiger partial charge in [0.1, 0.15) is 10.7 Å². The molecule has 144 valence electrons. The van der Waals surface area contributed by atoms with E-state index in [1.807, 2.05) is 0 Å². The minimum Gasteiger partial charge on any atom is -0.381 e. The number of aromatic nitrogens is 2. The molecule has 1 aromatic heterocycles. The lowest BCUT2D eigenvalue weighted by atomic mass is 9.96. The second-order valence-corrected chi connectivity index (χ2v) is 9.35. The number of hydrogen-bond acceptors (Lipinski definition) is 6. The summed E-state index contributed by atoms with van der Waals surface area (Å²) in [5, 5.41) is 3.59. The molecule has 26 heavy (non-hydrogen) atoms. The second-order valence-electron chi connectivity index (χ2n) is 7.84. The molecule has 0 amide bonds. The van der Waals surface area contributed by atoms with Crippen LogP contribution in [0.2, 0.25) is 0 Å². The Bertz CT molecular complexity index is 657. The first-order chi connectivity index (χ1) is 12.7. The van der Waals surface area contributed by atoms with Crippen LogP contribution < -0.4 is 10.2 Å². The van der Waals surface area contributed by atoms with Gasteiger partial charge in [-0.3, -0.25) is 4.21 Å². The molecule has 3 heterocycles.